The second-order valence-corrected chi connectivity index (χ2v) is 3.93. The maximum atomic E-state index is 5.83. The van der Waals surface area contributed by atoms with Crippen LogP contribution < -0.4 is 10.6 Å². The highest BCUT2D eigenvalue weighted by Gasteiger charge is 2.20. The lowest BCUT2D eigenvalue weighted by atomic mass is 10.1. The number of quaternary nitrogens is 2. The molecule has 1 saturated heterocycles. The highest BCUT2D eigenvalue weighted by atomic mass is 35.5. The van der Waals surface area contributed by atoms with Crippen LogP contribution in [0.15, 0.2) is 24.3 Å². The van der Waals surface area contributed by atoms with E-state index < -0.39 is 0 Å². The van der Waals surface area contributed by atoms with Crippen molar-refractivity contribution < 1.29 is 10.6 Å². The van der Waals surface area contributed by atoms with E-state index >= 15 is 0 Å². The van der Waals surface area contributed by atoms with Crippen LogP contribution in [0.2, 0.25) is 5.02 Å². The Morgan fingerprint density at radius 2 is 1.92 bits per heavy atom. The summed E-state index contributed by atoms with van der Waals surface area (Å²) in [5, 5.41) is 5.60. The average molecular weight is 199 g/mol. The molecule has 2 rings (SSSR count). The Balaban J connectivity index is 2.10. The van der Waals surface area contributed by atoms with E-state index in [0.717, 1.165) is 5.02 Å². The van der Waals surface area contributed by atoms with E-state index in [1.807, 2.05) is 12.1 Å². The molecule has 70 valence electrons. The smallest absolute Gasteiger partial charge is 0.161 e. The summed E-state index contributed by atoms with van der Waals surface area (Å²) in [6.07, 6.45) is 0. The molecule has 1 aromatic rings. The van der Waals surface area contributed by atoms with Crippen molar-refractivity contribution in [3.05, 3.63) is 34.9 Å². The van der Waals surface area contributed by atoms with E-state index in [0.29, 0.717) is 6.04 Å². The largest absolute Gasteiger partial charge is 0.336 e. The van der Waals surface area contributed by atoms with Gasteiger partial charge < -0.3 is 10.6 Å². The molecule has 0 unspecified atom stereocenters. The number of halogens is 1. The van der Waals surface area contributed by atoms with Crippen molar-refractivity contribution >= 4 is 11.6 Å². The molecular weight excluding hydrogens is 184 g/mol. The number of nitrogens with two attached hydrogens (primary N) is 2. The fourth-order valence-electron chi connectivity index (χ4n) is 1.79. The van der Waals surface area contributed by atoms with Gasteiger partial charge in [-0.2, -0.15) is 0 Å². The maximum absolute atomic E-state index is 5.83. The van der Waals surface area contributed by atoms with E-state index in [9.17, 15) is 0 Å². The second kappa shape index (κ2) is 4.09. The number of rotatable bonds is 1. The minimum atomic E-state index is 0.617. The predicted octanol–water partition coefficient (Wildman–Crippen LogP) is -0.478. The molecule has 1 heterocycles. The first-order valence-electron chi connectivity index (χ1n) is 4.77. The normalized spacial score (nSPS) is 23.0. The first kappa shape index (κ1) is 9.00. The van der Waals surface area contributed by atoms with E-state index in [1.165, 1.54) is 25.2 Å². The van der Waals surface area contributed by atoms with Crippen LogP contribution in [-0.2, 0) is 0 Å². The van der Waals surface area contributed by atoms with Gasteiger partial charge in [0, 0.05) is 10.6 Å². The fraction of sp³-hybridized carbons (Fsp3) is 0.400. The van der Waals surface area contributed by atoms with Gasteiger partial charge >= 0.3 is 0 Å². The first-order valence-corrected chi connectivity index (χ1v) is 5.14. The van der Waals surface area contributed by atoms with Crippen molar-refractivity contribution in [1.29, 1.82) is 0 Å². The molecule has 1 aromatic carbocycles. The van der Waals surface area contributed by atoms with E-state index in [4.69, 9.17) is 11.6 Å². The molecule has 0 spiro atoms. The summed E-state index contributed by atoms with van der Waals surface area (Å²) in [5.74, 6) is 0. The summed E-state index contributed by atoms with van der Waals surface area (Å²) in [5.41, 5.74) is 1.39. The van der Waals surface area contributed by atoms with Crippen LogP contribution in [0, 0.1) is 0 Å². The molecule has 1 atom stereocenters. The van der Waals surface area contributed by atoms with Gasteiger partial charge in [-0.3, -0.25) is 0 Å². The van der Waals surface area contributed by atoms with E-state index in [1.54, 1.807) is 0 Å². The van der Waals surface area contributed by atoms with Crippen LogP contribution in [0.25, 0.3) is 0 Å². The topological polar surface area (TPSA) is 33.2 Å². The summed E-state index contributed by atoms with van der Waals surface area (Å²) in [6, 6.07) is 8.82. The lowest BCUT2D eigenvalue weighted by molar-refractivity contribution is -0.816. The van der Waals surface area contributed by atoms with Gasteiger partial charge in [-0.25, -0.2) is 0 Å². The Morgan fingerprint density at radius 3 is 2.54 bits per heavy atom. The molecule has 0 bridgehead atoms. The average Bonchev–Trinajstić information content (AvgIpc) is 2.20. The highest BCUT2D eigenvalue weighted by molar-refractivity contribution is 6.30. The number of benzene rings is 1. The molecule has 1 aliphatic rings. The van der Waals surface area contributed by atoms with Crippen molar-refractivity contribution in [3.63, 3.8) is 0 Å². The van der Waals surface area contributed by atoms with Crippen LogP contribution in [-0.4, -0.2) is 19.6 Å². The minimum Gasteiger partial charge on any atom is -0.336 e. The Kier molecular flexibility index (Phi) is 2.83. The zero-order chi connectivity index (χ0) is 9.10. The second-order valence-electron chi connectivity index (χ2n) is 3.50. The van der Waals surface area contributed by atoms with Gasteiger partial charge in [0.15, 0.2) is 6.04 Å². The van der Waals surface area contributed by atoms with Crippen LogP contribution in [0.4, 0.5) is 0 Å². The molecule has 1 aliphatic heterocycles. The van der Waals surface area contributed by atoms with Gasteiger partial charge in [0.1, 0.15) is 19.6 Å². The zero-order valence-corrected chi connectivity index (χ0v) is 8.30. The van der Waals surface area contributed by atoms with Crippen LogP contribution >= 0.6 is 11.6 Å². The van der Waals surface area contributed by atoms with Crippen molar-refractivity contribution in [2.24, 2.45) is 0 Å². The Bertz CT molecular complexity index is 265. The van der Waals surface area contributed by atoms with E-state index in [-0.39, 0.29) is 0 Å². The summed E-state index contributed by atoms with van der Waals surface area (Å²) in [6.45, 7) is 3.64. The number of hydrogen-bond acceptors (Lipinski definition) is 0. The Hall–Kier alpha value is -0.570. The van der Waals surface area contributed by atoms with E-state index in [2.05, 4.69) is 22.8 Å². The zero-order valence-electron chi connectivity index (χ0n) is 7.54. The van der Waals surface area contributed by atoms with Crippen molar-refractivity contribution in [3.8, 4) is 0 Å². The molecular formula is C10H15ClN2+2. The number of piperazine rings is 1. The third kappa shape index (κ3) is 2.21. The monoisotopic (exact) mass is 198 g/mol. The van der Waals surface area contributed by atoms with Crippen LogP contribution in [0.5, 0.6) is 0 Å². The molecule has 4 N–H and O–H groups in total. The summed E-state index contributed by atoms with van der Waals surface area (Å²) >= 11 is 5.83. The van der Waals surface area contributed by atoms with Gasteiger partial charge in [0.2, 0.25) is 0 Å². The van der Waals surface area contributed by atoms with Crippen LogP contribution in [0.1, 0.15) is 11.6 Å². The molecule has 0 saturated carbocycles. The van der Waals surface area contributed by atoms with Gasteiger partial charge in [-0.15, -0.1) is 0 Å². The molecule has 0 radical (unpaired) electrons. The quantitative estimate of drug-likeness (QED) is 0.612. The lowest BCUT2D eigenvalue weighted by Crippen LogP contribution is -3.04. The SMILES string of the molecule is Clc1ccc([C@@H]2C[NH2+]CC[NH2+]2)cc1. The molecule has 0 amide bonds. The van der Waals surface area contributed by atoms with Gasteiger partial charge in [-0.05, 0) is 12.1 Å². The van der Waals surface area contributed by atoms with Crippen molar-refractivity contribution in [2.75, 3.05) is 19.6 Å². The standard InChI is InChI=1S/C10H13ClN2/c11-9-3-1-8(2-4-9)10-7-12-5-6-13-10/h1-4,10,12-13H,5-7H2/p+2/t10-/m0/s1. The third-order valence-electron chi connectivity index (χ3n) is 2.54. The molecule has 1 fully saturated rings. The van der Waals surface area contributed by atoms with Crippen molar-refractivity contribution in [2.45, 2.75) is 6.04 Å². The first-order chi connectivity index (χ1) is 6.36. The lowest BCUT2D eigenvalue weighted by Gasteiger charge is -2.18. The Morgan fingerprint density at radius 1 is 1.15 bits per heavy atom. The number of hydrogen-bond donors (Lipinski definition) is 2. The fourth-order valence-corrected chi connectivity index (χ4v) is 1.92. The Labute approximate surface area is 83.3 Å². The summed E-state index contributed by atoms with van der Waals surface area (Å²) in [4.78, 5) is 0. The van der Waals surface area contributed by atoms with Crippen LogP contribution in [0.3, 0.4) is 0 Å². The summed E-state index contributed by atoms with van der Waals surface area (Å²) < 4.78 is 0. The maximum Gasteiger partial charge on any atom is 0.161 e. The molecule has 3 heteroatoms. The molecule has 13 heavy (non-hydrogen) atoms. The molecule has 2 nitrogen and oxygen atoms in total. The summed E-state index contributed by atoms with van der Waals surface area (Å²) in [7, 11) is 0. The predicted molar refractivity (Wildman–Crippen MR) is 52.6 cm³/mol. The van der Waals surface area contributed by atoms with Gasteiger partial charge in [0.05, 0.1) is 0 Å². The molecule has 0 aromatic heterocycles. The van der Waals surface area contributed by atoms with Gasteiger partial charge in [-0.1, -0.05) is 23.7 Å². The van der Waals surface area contributed by atoms with Gasteiger partial charge in [0.25, 0.3) is 0 Å². The van der Waals surface area contributed by atoms with Crippen molar-refractivity contribution in [1.82, 2.24) is 0 Å². The molecule has 0 aliphatic carbocycles. The highest BCUT2D eigenvalue weighted by Crippen LogP contribution is 2.13. The minimum absolute atomic E-state index is 0.617. The third-order valence-corrected chi connectivity index (χ3v) is 2.79.